The molecule has 1 atom stereocenters. The lowest BCUT2D eigenvalue weighted by molar-refractivity contribution is 0.102. The molecule has 0 fully saturated rings. The van der Waals surface area contributed by atoms with Crippen molar-refractivity contribution in [2.24, 2.45) is 0 Å². The van der Waals surface area contributed by atoms with Crippen LogP contribution in [0.5, 0.6) is 0 Å². The molecule has 0 radical (unpaired) electrons. The highest BCUT2D eigenvalue weighted by atomic mass is 32.2. The zero-order chi connectivity index (χ0) is 18.2. The fourth-order valence-electron chi connectivity index (χ4n) is 3.04. The van der Waals surface area contributed by atoms with E-state index in [1.54, 1.807) is 18.2 Å². The molecule has 0 saturated carbocycles. The maximum Gasteiger partial charge on any atom is 0.257 e. The molecule has 1 aromatic heterocycles. The van der Waals surface area contributed by atoms with E-state index in [0.717, 1.165) is 23.4 Å². The number of carbonyl (C=O) groups excluding carboxylic acids is 1. The smallest absolute Gasteiger partial charge is 0.257 e. The van der Waals surface area contributed by atoms with Gasteiger partial charge in [0, 0.05) is 18.0 Å². The first-order valence-corrected chi connectivity index (χ1v) is 10.7. The van der Waals surface area contributed by atoms with Gasteiger partial charge in [0.1, 0.15) is 5.01 Å². The Kier molecular flexibility index (Phi) is 4.79. The van der Waals surface area contributed by atoms with Gasteiger partial charge in [-0.25, -0.2) is 8.42 Å². The van der Waals surface area contributed by atoms with Gasteiger partial charge in [0.15, 0.2) is 0 Å². The largest absolute Gasteiger partial charge is 0.296 e. The minimum absolute atomic E-state index is 0.150. The number of amides is 1. The standard InChI is InChI=1S/C16H20N4O3S2/c1-4-5-14-18-19-16(24-14)17-15(21)11-6-7-13-12(9-11)8-10(2)20(13)25(3,22)23/h6-7,9-10H,4-5,8H2,1-3H3,(H,17,19,21). The Morgan fingerprint density at radius 3 is 2.84 bits per heavy atom. The molecule has 0 aliphatic carbocycles. The third-order valence-corrected chi connectivity index (χ3v) is 6.17. The Bertz CT molecular complexity index is 908. The van der Waals surface area contributed by atoms with Crippen LogP contribution in [-0.4, -0.2) is 36.8 Å². The van der Waals surface area contributed by atoms with Crippen LogP contribution in [0.3, 0.4) is 0 Å². The van der Waals surface area contributed by atoms with Gasteiger partial charge in [0.25, 0.3) is 5.91 Å². The highest BCUT2D eigenvalue weighted by Gasteiger charge is 2.32. The number of carbonyl (C=O) groups is 1. The third kappa shape index (κ3) is 3.67. The van der Waals surface area contributed by atoms with Gasteiger partial charge < -0.3 is 0 Å². The first-order chi connectivity index (χ1) is 11.8. The molecule has 1 unspecified atom stereocenters. The number of hydrogen-bond donors (Lipinski definition) is 1. The molecule has 134 valence electrons. The lowest BCUT2D eigenvalue weighted by atomic mass is 10.1. The fourth-order valence-corrected chi connectivity index (χ4v) is 5.14. The molecule has 0 spiro atoms. The van der Waals surface area contributed by atoms with Crippen molar-refractivity contribution in [2.45, 2.75) is 39.2 Å². The highest BCUT2D eigenvalue weighted by Crippen LogP contribution is 2.34. The number of rotatable bonds is 5. The van der Waals surface area contributed by atoms with E-state index in [-0.39, 0.29) is 11.9 Å². The van der Waals surface area contributed by atoms with Crippen molar-refractivity contribution >= 4 is 38.1 Å². The van der Waals surface area contributed by atoms with E-state index in [9.17, 15) is 13.2 Å². The molecule has 2 heterocycles. The van der Waals surface area contributed by atoms with E-state index < -0.39 is 10.0 Å². The predicted molar refractivity (Wildman–Crippen MR) is 98.8 cm³/mol. The van der Waals surface area contributed by atoms with Crippen molar-refractivity contribution in [1.82, 2.24) is 10.2 Å². The molecular weight excluding hydrogens is 360 g/mol. The lowest BCUT2D eigenvalue weighted by Crippen LogP contribution is -2.34. The Hall–Kier alpha value is -2.00. The molecule has 9 heteroatoms. The van der Waals surface area contributed by atoms with Crippen LogP contribution >= 0.6 is 11.3 Å². The second kappa shape index (κ2) is 6.72. The monoisotopic (exact) mass is 380 g/mol. The highest BCUT2D eigenvalue weighted by molar-refractivity contribution is 7.92. The summed E-state index contributed by atoms with van der Waals surface area (Å²) in [5.41, 5.74) is 1.98. The van der Waals surface area contributed by atoms with E-state index in [4.69, 9.17) is 0 Å². The summed E-state index contributed by atoms with van der Waals surface area (Å²) >= 11 is 1.37. The Balaban J connectivity index is 1.80. The Morgan fingerprint density at radius 1 is 1.40 bits per heavy atom. The normalized spacial score (nSPS) is 16.8. The van der Waals surface area contributed by atoms with Gasteiger partial charge in [-0.1, -0.05) is 18.3 Å². The van der Waals surface area contributed by atoms with Crippen LogP contribution in [-0.2, 0) is 22.9 Å². The second-order valence-electron chi connectivity index (χ2n) is 6.16. The molecule has 1 aromatic carbocycles. The first kappa shape index (κ1) is 17.8. The molecule has 0 saturated heterocycles. The van der Waals surface area contributed by atoms with Crippen molar-refractivity contribution in [1.29, 1.82) is 0 Å². The summed E-state index contributed by atoms with van der Waals surface area (Å²) in [6, 6.07) is 4.93. The van der Waals surface area contributed by atoms with E-state index in [0.29, 0.717) is 22.8 Å². The van der Waals surface area contributed by atoms with Crippen molar-refractivity contribution in [2.75, 3.05) is 15.9 Å². The maximum atomic E-state index is 12.4. The van der Waals surface area contributed by atoms with E-state index in [2.05, 4.69) is 22.4 Å². The van der Waals surface area contributed by atoms with Gasteiger partial charge >= 0.3 is 0 Å². The first-order valence-electron chi connectivity index (χ1n) is 8.05. The lowest BCUT2D eigenvalue weighted by Gasteiger charge is -2.21. The summed E-state index contributed by atoms with van der Waals surface area (Å²) in [6.45, 7) is 3.92. The minimum atomic E-state index is -3.33. The van der Waals surface area contributed by atoms with Crippen LogP contribution in [0.1, 0.15) is 41.2 Å². The number of aryl methyl sites for hydroxylation is 1. The van der Waals surface area contributed by atoms with Crippen molar-refractivity contribution in [3.8, 4) is 0 Å². The van der Waals surface area contributed by atoms with Gasteiger partial charge in [-0.15, -0.1) is 10.2 Å². The van der Waals surface area contributed by atoms with Gasteiger partial charge in [-0.3, -0.25) is 14.4 Å². The average Bonchev–Trinajstić information content (AvgIpc) is 3.09. The van der Waals surface area contributed by atoms with Crippen molar-refractivity contribution in [3.63, 3.8) is 0 Å². The molecule has 1 amide bonds. The molecule has 3 rings (SSSR count). The molecule has 0 bridgehead atoms. The van der Waals surface area contributed by atoms with E-state index >= 15 is 0 Å². The molecule has 1 N–H and O–H groups in total. The van der Waals surface area contributed by atoms with Crippen molar-refractivity contribution in [3.05, 3.63) is 34.3 Å². The summed E-state index contributed by atoms with van der Waals surface area (Å²) in [4.78, 5) is 12.4. The summed E-state index contributed by atoms with van der Waals surface area (Å²) in [5.74, 6) is -0.271. The average molecular weight is 380 g/mol. The van der Waals surface area contributed by atoms with Crippen LogP contribution in [0.4, 0.5) is 10.8 Å². The number of aromatic nitrogens is 2. The quantitative estimate of drug-likeness (QED) is 0.860. The number of anilines is 2. The SMILES string of the molecule is CCCc1nnc(NC(=O)c2ccc3c(c2)CC(C)N3S(C)(=O)=O)s1. The fraction of sp³-hybridized carbons (Fsp3) is 0.438. The number of nitrogens with one attached hydrogen (secondary N) is 1. The number of benzene rings is 1. The van der Waals surface area contributed by atoms with Crippen LogP contribution in [0.15, 0.2) is 18.2 Å². The Morgan fingerprint density at radius 2 is 2.16 bits per heavy atom. The molecule has 7 nitrogen and oxygen atoms in total. The molecule has 2 aromatic rings. The van der Waals surface area contributed by atoms with Gasteiger partial charge in [-0.05, 0) is 43.5 Å². The molecule has 25 heavy (non-hydrogen) atoms. The second-order valence-corrected chi connectivity index (χ2v) is 9.08. The summed E-state index contributed by atoms with van der Waals surface area (Å²) in [7, 11) is -3.33. The van der Waals surface area contributed by atoms with Gasteiger partial charge in [0.2, 0.25) is 15.2 Å². The zero-order valence-corrected chi connectivity index (χ0v) is 15.9. The van der Waals surface area contributed by atoms with Crippen LogP contribution < -0.4 is 9.62 Å². The Labute approximate surface area is 151 Å². The van der Waals surface area contributed by atoms with Crippen molar-refractivity contribution < 1.29 is 13.2 Å². The minimum Gasteiger partial charge on any atom is -0.296 e. The van der Waals surface area contributed by atoms with Crippen LogP contribution in [0, 0.1) is 0 Å². The van der Waals surface area contributed by atoms with E-state index in [1.165, 1.54) is 21.9 Å². The number of hydrogen-bond acceptors (Lipinski definition) is 6. The number of nitrogens with zero attached hydrogens (tertiary/aromatic N) is 3. The summed E-state index contributed by atoms with van der Waals surface area (Å²) < 4.78 is 25.3. The maximum absolute atomic E-state index is 12.4. The molecule has 1 aliphatic heterocycles. The number of sulfonamides is 1. The summed E-state index contributed by atoms with van der Waals surface area (Å²) in [5, 5.41) is 12.1. The molecule has 1 aliphatic rings. The third-order valence-electron chi connectivity index (χ3n) is 4.00. The zero-order valence-electron chi connectivity index (χ0n) is 14.3. The van der Waals surface area contributed by atoms with Crippen LogP contribution in [0.25, 0.3) is 0 Å². The number of fused-ring (bicyclic) bond motifs is 1. The molecular formula is C16H20N4O3S2. The summed E-state index contributed by atoms with van der Waals surface area (Å²) in [6.07, 6.45) is 3.60. The van der Waals surface area contributed by atoms with Gasteiger partial charge in [-0.2, -0.15) is 0 Å². The van der Waals surface area contributed by atoms with Crippen LogP contribution in [0.2, 0.25) is 0 Å². The van der Waals surface area contributed by atoms with E-state index in [1.807, 2.05) is 6.92 Å². The van der Waals surface area contributed by atoms with Gasteiger partial charge in [0.05, 0.1) is 11.9 Å². The topological polar surface area (TPSA) is 92.3 Å². The predicted octanol–water partition coefficient (Wildman–Crippen LogP) is 2.45.